The first-order chi connectivity index (χ1) is 9.48. The summed E-state index contributed by atoms with van der Waals surface area (Å²) in [6.07, 6.45) is 4.62. The molecule has 0 amide bonds. The number of sulfonamides is 1. The van der Waals surface area contributed by atoms with Crippen LogP contribution in [0.1, 0.15) is 36.8 Å². The number of rotatable bonds is 8. The minimum absolute atomic E-state index is 0.0794. The van der Waals surface area contributed by atoms with Crippen LogP contribution in [0.3, 0.4) is 0 Å². The Labute approximate surface area is 125 Å². The highest BCUT2D eigenvalue weighted by molar-refractivity contribution is 7.88. The molecule has 3 N–H and O–H groups in total. The van der Waals surface area contributed by atoms with E-state index in [0.717, 1.165) is 18.8 Å². The van der Waals surface area contributed by atoms with E-state index in [0.29, 0.717) is 17.7 Å². The van der Waals surface area contributed by atoms with Gasteiger partial charge in [-0.3, -0.25) is 0 Å². The Bertz CT molecular complexity index is 581. The van der Waals surface area contributed by atoms with Gasteiger partial charge in [-0.2, -0.15) is 0 Å². The van der Waals surface area contributed by atoms with E-state index in [4.69, 9.17) is 18.0 Å². The molecule has 0 bridgehead atoms. The molecule has 110 valence electrons. The van der Waals surface area contributed by atoms with Gasteiger partial charge in [0.15, 0.2) is 0 Å². The Morgan fingerprint density at radius 3 is 2.70 bits per heavy atom. The van der Waals surface area contributed by atoms with Crippen molar-refractivity contribution in [3.05, 3.63) is 35.4 Å². The van der Waals surface area contributed by atoms with Gasteiger partial charge in [0.1, 0.15) is 4.99 Å². The summed E-state index contributed by atoms with van der Waals surface area (Å²) in [4.78, 5) is 0.226. The van der Waals surface area contributed by atoms with E-state index in [1.54, 1.807) is 24.3 Å². The number of hydrogen-bond donors (Lipinski definition) is 2. The Kier molecular flexibility index (Phi) is 5.12. The number of hydrogen-bond acceptors (Lipinski definition) is 3. The van der Waals surface area contributed by atoms with Gasteiger partial charge in [0.25, 0.3) is 0 Å². The third-order valence-corrected chi connectivity index (χ3v) is 4.99. The highest BCUT2D eigenvalue weighted by Gasteiger charge is 2.20. The van der Waals surface area contributed by atoms with Crippen LogP contribution < -0.4 is 10.5 Å². The van der Waals surface area contributed by atoms with Crippen LogP contribution >= 0.6 is 12.2 Å². The second-order valence-electron chi connectivity index (χ2n) is 5.26. The molecule has 1 saturated carbocycles. The molecule has 0 aliphatic heterocycles. The highest BCUT2D eigenvalue weighted by atomic mass is 32.2. The first-order valence-corrected chi connectivity index (χ1v) is 8.89. The van der Waals surface area contributed by atoms with Crippen molar-refractivity contribution in [2.75, 3.05) is 6.54 Å². The molecule has 0 heterocycles. The maximum atomic E-state index is 12.0. The molecule has 6 heteroatoms. The van der Waals surface area contributed by atoms with E-state index in [-0.39, 0.29) is 10.7 Å². The fourth-order valence-electron chi connectivity index (χ4n) is 2.17. The van der Waals surface area contributed by atoms with Gasteiger partial charge in [-0.15, -0.1) is 0 Å². The first kappa shape index (κ1) is 15.4. The molecule has 0 unspecified atom stereocenters. The van der Waals surface area contributed by atoms with Crippen molar-refractivity contribution in [2.24, 2.45) is 11.7 Å². The topological polar surface area (TPSA) is 72.2 Å². The van der Waals surface area contributed by atoms with Gasteiger partial charge in [-0.1, -0.05) is 49.3 Å². The van der Waals surface area contributed by atoms with E-state index in [1.165, 1.54) is 12.8 Å². The van der Waals surface area contributed by atoms with Crippen LogP contribution in [0.15, 0.2) is 24.3 Å². The SMILES string of the molecule is NC(=S)c1ccccc1CS(=O)(=O)NCCCC1CC1. The van der Waals surface area contributed by atoms with E-state index in [9.17, 15) is 8.42 Å². The Hall–Kier alpha value is -0.980. The predicted molar refractivity (Wildman–Crippen MR) is 84.9 cm³/mol. The summed E-state index contributed by atoms with van der Waals surface area (Å²) in [6.45, 7) is 0.508. The zero-order valence-corrected chi connectivity index (χ0v) is 13.0. The summed E-state index contributed by atoms with van der Waals surface area (Å²) in [5, 5.41) is 0. The predicted octanol–water partition coefficient (Wildman–Crippen LogP) is 1.93. The lowest BCUT2D eigenvalue weighted by atomic mass is 10.1. The molecule has 1 aromatic carbocycles. The van der Waals surface area contributed by atoms with Gasteiger partial charge >= 0.3 is 0 Å². The van der Waals surface area contributed by atoms with Crippen molar-refractivity contribution >= 4 is 27.2 Å². The lowest BCUT2D eigenvalue weighted by Crippen LogP contribution is -2.27. The fourth-order valence-corrected chi connectivity index (χ4v) is 3.58. The summed E-state index contributed by atoms with van der Waals surface area (Å²) < 4.78 is 26.7. The maximum Gasteiger partial charge on any atom is 0.215 e. The van der Waals surface area contributed by atoms with Crippen molar-refractivity contribution in [3.8, 4) is 0 Å². The molecule has 0 radical (unpaired) electrons. The van der Waals surface area contributed by atoms with E-state index >= 15 is 0 Å². The second-order valence-corrected chi connectivity index (χ2v) is 7.51. The van der Waals surface area contributed by atoms with Crippen molar-refractivity contribution in [2.45, 2.75) is 31.4 Å². The minimum Gasteiger partial charge on any atom is -0.389 e. The summed E-state index contributed by atoms with van der Waals surface area (Å²) in [5.41, 5.74) is 6.89. The molecule has 20 heavy (non-hydrogen) atoms. The van der Waals surface area contributed by atoms with Crippen molar-refractivity contribution < 1.29 is 8.42 Å². The third kappa shape index (κ3) is 4.85. The Morgan fingerprint density at radius 1 is 1.35 bits per heavy atom. The van der Waals surface area contributed by atoms with Crippen molar-refractivity contribution in [1.29, 1.82) is 0 Å². The third-order valence-electron chi connectivity index (χ3n) is 3.44. The molecule has 2 rings (SSSR count). The Morgan fingerprint density at radius 2 is 2.05 bits per heavy atom. The molecular weight excluding hydrogens is 292 g/mol. The molecule has 0 aromatic heterocycles. The van der Waals surface area contributed by atoms with Crippen LogP contribution in [0, 0.1) is 5.92 Å². The summed E-state index contributed by atoms with van der Waals surface area (Å²) >= 11 is 4.94. The van der Waals surface area contributed by atoms with E-state index in [2.05, 4.69) is 4.72 Å². The molecular formula is C14H20N2O2S2. The normalized spacial score (nSPS) is 15.2. The van der Waals surface area contributed by atoms with Gasteiger partial charge in [-0.25, -0.2) is 13.1 Å². The smallest absolute Gasteiger partial charge is 0.215 e. The van der Waals surface area contributed by atoms with Crippen LogP contribution in [-0.4, -0.2) is 20.0 Å². The molecule has 1 aliphatic rings. The summed E-state index contributed by atoms with van der Waals surface area (Å²) in [7, 11) is -3.33. The minimum atomic E-state index is -3.33. The number of nitrogens with one attached hydrogen (secondary N) is 1. The lowest BCUT2D eigenvalue weighted by Gasteiger charge is -2.10. The molecule has 4 nitrogen and oxygen atoms in total. The highest BCUT2D eigenvalue weighted by Crippen LogP contribution is 2.33. The molecule has 1 aromatic rings. The second kappa shape index (κ2) is 6.65. The molecule has 1 aliphatic carbocycles. The lowest BCUT2D eigenvalue weighted by molar-refractivity contribution is 0.572. The average molecular weight is 312 g/mol. The van der Waals surface area contributed by atoms with Crippen LogP contribution in [0.5, 0.6) is 0 Å². The zero-order chi connectivity index (χ0) is 14.6. The Balaban J connectivity index is 1.91. The van der Waals surface area contributed by atoms with Crippen LogP contribution in [0.25, 0.3) is 0 Å². The van der Waals surface area contributed by atoms with E-state index < -0.39 is 10.0 Å². The molecule has 0 atom stereocenters. The molecule has 1 fully saturated rings. The number of thiocarbonyl (C=S) groups is 1. The standard InChI is InChI=1S/C14H20N2O2S2/c15-14(19)13-6-2-1-5-12(13)10-20(17,18)16-9-3-4-11-7-8-11/h1-2,5-6,11,16H,3-4,7-10H2,(H2,15,19). The van der Waals surface area contributed by atoms with Gasteiger partial charge in [0.05, 0.1) is 5.75 Å². The summed E-state index contributed by atoms with van der Waals surface area (Å²) in [6, 6.07) is 7.09. The first-order valence-electron chi connectivity index (χ1n) is 6.83. The monoisotopic (exact) mass is 312 g/mol. The quantitative estimate of drug-likeness (QED) is 0.568. The molecule has 0 saturated heterocycles. The summed E-state index contributed by atoms with van der Waals surface area (Å²) in [5.74, 6) is 0.749. The number of benzene rings is 1. The number of nitrogens with two attached hydrogens (primary N) is 1. The maximum absolute atomic E-state index is 12.0. The molecule has 0 spiro atoms. The van der Waals surface area contributed by atoms with Gasteiger partial charge in [0.2, 0.25) is 10.0 Å². The van der Waals surface area contributed by atoms with Crippen LogP contribution in [0.2, 0.25) is 0 Å². The van der Waals surface area contributed by atoms with Gasteiger partial charge in [0, 0.05) is 12.1 Å². The van der Waals surface area contributed by atoms with E-state index in [1.807, 2.05) is 0 Å². The average Bonchev–Trinajstić information content (AvgIpc) is 3.18. The van der Waals surface area contributed by atoms with Crippen molar-refractivity contribution in [3.63, 3.8) is 0 Å². The van der Waals surface area contributed by atoms with Crippen molar-refractivity contribution in [1.82, 2.24) is 4.72 Å². The van der Waals surface area contributed by atoms with Crippen LogP contribution in [-0.2, 0) is 15.8 Å². The fraction of sp³-hybridized carbons (Fsp3) is 0.500. The van der Waals surface area contributed by atoms with Gasteiger partial charge < -0.3 is 5.73 Å². The zero-order valence-electron chi connectivity index (χ0n) is 11.3. The van der Waals surface area contributed by atoms with Gasteiger partial charge in [-0.05, 0) is 24.3 Å². The largest absolute Gasteiger partial charge is 0.389 e. The van der Waals surface area contributed by atoms with Crippen LogP contribution in [0.4, 0.5) is 0 Å².